The van der Waals surface area contributed by atoms with Crippen LogP contribution < -0.4 is 0 Å². The van der Waals surface area contributed by atoms with Crippen molar-refractivity contribution in [1.82, 2.24) is 0 Å². The summed E-state index contributed by atoms with van der Waals surface area (Å²) < 4.78 is 0. The molecule has 0 saturated heterocycles. The predicted molar refractivity (Wildman–Crippen MR) is 53.5 cm³/mol. The van der Waals surface area contributed by atoms with Gasteiger partial charge in [-0.1, -0.05) is 0 Å². The number of carboxylic acids is 1. The maximum atomic E-state index is 10.8. The summed E-state index contributed by atoms with van der Waals surface area (Å²) in [6.07, 6.45) is 5.45. The zero-order chi connectivity index (χ0) is 9.47. The maximum absolute atomic E-state index is 10.8. The summed E-state index contributed by atoms with van der Waals surface area (Å²) in [4.78, 5) is 10.8. The van der Waals surface area contributed by atoms with Crippen molar-refractivity contribution in [2.75, 3.05) is 0 Å². The van der Waals surface area contributed by atoms with Crippen molar-refractivity contribution in [3.63, 3.8) is 0 Å². The van der Waals surface area contributed by atoms with E-state index in [1.165, 1.54) is 25.7 Å². The first-order valence-electron chi connectivity index (χ1n) is 5.07. The van der Waals surface area contributed by atoms with Crippen molar-refractivity contribution in [1.29, 1.82) is 0 Å². The first-order valence-corrected chi connectivity index (χ1v) is 6.78. The van der Waals surface area contributed by atoms with Crippen molar-refractivity contribution >= 4 is 22.8 Å². The van der Waals surface area contributed by atoms with Crippen LogP contribution >= 0.6 is 0 Å². The van der Waals surface area contributed by atoms with Gasteiger partial charge in [0.1, 0.15) is 0 Å². The van der Waals surface area contributed by atoms with Crippen LogP contribution in [-0.2, 0) is 4.79 Å². The van der Waals surface area contributed by atoms with Crippen LogP contribution in [-0.4, -0.2) is 27.9 Å². The van der Waals surface area contributed by atoms with E-state index in [0.717, 1.165) is 17.0 Å². The summed E-state index contributed by atoms with van der Waals surface area (Å²) in [5.74, 6) is 1.27. The molecule has 0 heterocycles. The molecule has 2 saturated carbocycles. The summed E-state index contributed by atoms with van der Waals surface area (Å²) in [6.45, 7) is 0. The molecule has 0 aromatic carbocycles. The topological polar surface area (TPSA) is 37.3 Å². The van der Waals surface area contributed by atoms with Gasteiger partial charge in [0.15, 0.2) is 0 Å². The summed E-state index contributed by atoms with van der Waals surface area (Å²) in [5, 5.41) is 9.98. The molecule has 0 spiro atoms. The summed E-state index contributed by atoms with van der Waals surface area (Å²) in [5.41, 5.74) is 0.184. The van der Waals surface area contributed by atoms with Crippen LogP contribution in [0.5, 0.6) is 0 Å². The first-order chi connectivity index (χ1) is 6.15. The van der Waals surface area contributed by atoms with Crippen LogP contribution in [0.2, 0.25) is 5.21 Å². The van der Waals surface area contributed by atoms with Gasteiger partial charge in [-0.2, -0.15) is 0 Å². The Balaban J connectivity index is 2.01. The van der Waals surface area contributed by atoms with E-state index in [-0.39, 0.29) is 5.41 Å². The number of fused-ring (bicyclic) bond motifs is 1. The van der Waals surface area contributed by atoms with Crippen molar-refractivity contribution < 1.29 is 9.90 Å². The van der Waals surface area contributed by atoms with E-state index in [9.17, 15) is 4.79 Å². The van der Waals surface area contributed by atoms with Crippen molar-refractivity contribution in [2.45, 2.75) is 37.3 Å². The van der Waals surface area contributed by atoms with Crippen molar-refractivity contribution in [3.8, 4) is 0 Å². The fourth-order valence-electron chi connectivity index (χ4n) is 2.80. The predicted octanol–water partition coefficient (Wildman–Crippen LogP) is 1.32. The van der Waals surface area contributed by atoms with Gasteiger partial charge in [0.2, 0.25) is 0 Å². The molecular weight excluding hydrogens is 227 g/mol. The molecule has 0 aromatic rings. The molecule has 0 aliphatic heterocycles. The fraction of sp³-hybridized carbons (Fsp3) is 0.900. The van der Waals surface area contributed by atoms with Crippen LogP contribution in [0.1, 0.15) is 32.1 Å². The number of carboxylic acid groups (broad SMARTS) is 1. The molecule has 2 nitrogen and oxygen atoms in total. The van der Waals surface area contributed by atoms with Gasteiger partial charge in [0.05, 0.1) is 0 Å². The Morgan fingerprint density at radius 3 is 2.85 bits per heavy atom. The van der Waals surface area contributed by atoms with E-state index in [2.05, 4.69) is 0 Å². The number of hydrogen-bond donors (Lipinski definition) is 1. The van der Waals surface area contributed by atoms with Gasteiger partial charge in [0.25, 0.3) is 0 Å². The second kappa shape index (κ2) is 3.31. The Kier molecular flexibility index (Phi) is 2.44. The second-order valence-corrected chi connectivity index (χ2v) is 5.63. The Hall–Kier alpha value is 0.0284. The molecule has 4 atom stereocenters. The van der Waals surface area contributed by atoms with E-state index in [1.54, 1.807) is 16.9 Å². The van der Waals surface area contributed by atoms with Gasteiger partial charge in [0, 0.05) is 0 Å². The third kappa shape index (κ3) is 1.93. The fourth-order valence-corrected chi connectivity index (χ4v) is 3.88. The Morgan fingerprint density at radius 2 is 2.31 bits per heavy atom. The quantitative estimate of drug-likeness (QED) is 0.760. The summed E-state index contributed by atoms with van der Waals surface area (Å²) in [7, 11) is 0. The number of hydrogen-bond acceptors (Lipinski definition) is 1. The molecule has 2 fully saturated rings. The minimum absolute atomic E-state index is 0.184. The molecule has 0 bridgehead atoms. The molecule has 2 aliphatic rings. The number of aliphatic carboxylic acids is 1. The standard InChI is InChI=1S/C10H17AsO2/c11-6-10(5-9(12)13)2-1-7-3-8(7)4-10/h7-8H,1-6,11H2,(H,12,13)/t7-,8-,10-/m0/s1. The molecule has 2 aliphatic carbocycles. The van der Waals surface area contributed by atoms with Crippen LogP contribution in [0.3, 0.4) is 0 Å². The molecule has 74 valence electrons. The average molecular weight is 244 g/mol. The Labute approximate surface area is 87.6 Å². The van der Waals surface area contributed by atoms with Gasteiger partial charge >= 0.3 is 87.3 Å². The molecule has 0 aromatic heterocycles. The SMILES string of the molecule is O=C(O)C[C@]1(C[AsH2])CC[C@H]2C[C@H]2C1. The Morgan fingerprint density at radius 1 is 1.54 bits per heavy atom. The molecule has 3 heteroatoms. The van der Waals surface area contributed by atoms with Gasteiger partial charge in [-0.3, -0.25) is 0 Å². The van der Waals surface area contributed by atoms with E-state index in [0.29, 0.717) is 6.42 Å². The van der Waals surface area contributed by atoms with Crippen molar-refractivity contribution in [2.24, 2.45) is 17.3 Å². The van der Waals surface area contributed by atoms with Gasteiger partial charge in [-0.15, -0.1) is 0 Å². The molecule has 13 heavy (non-hydrogen) atoms. The Bertz CT molecular complexity index is 229. The van der Waals surface area contributed by atoms with E-state index in [1.807, 2.05) is 0 Å². The molecule has 0 radical (unpaired) electrons. The van der Waals surface area contributed by atoms with Gasteiger partial charge < -0.3 is 0 Å². The summed E-state index contributed by atoms with van der Waals surface area (Å²) in [6, 6.07) is 0. The van der Waals surface area contributed by atoms with Crippen LogP contribution in [0.15, 0.2) is 0 Å². The van der Waals surface area contributed by atoms with Gasteiger partial charge in [-0.05, 0) is 0 Å². The van der Waals surface area contributed by atoms with Crippen LogP contribution in [0, 0.1) is 17.3 Å². The monoisotopic (exact) mass is 244 g/mol. The van der Waals surface area contributed by atoms with Crippen LogP contribution in [0.4, 0.5) is 0 Å². The normalized spacial score (nSPS) is 42.5. The zero-order valence-corrected chi connectivity index (χ0v) is 10.3. The molecule has 1 N–H and O–H groups in total. The van der Waals surface area contributed by atoms with Crippen LogP contribution in [0.25, 0.3) is 0 Å². The number of rotatable bonds is 3. The third-order valence-electron chi connectivity index (χ3n) is 3.77. The van der Waals surface area contributed by atoms with Gasteiger partial charge in [-0.25, -0.2) is 0 Å². The molecule has 0 amide bonds. The number of carbonyl (C=O) groups is 1. The van der Waals surface area contributed by atoms with E-state index >= 15 is 0 Å². The first kappa shape index (κ1) is 9.58. The molecule has 2 rings (SSSR count). The van der Waals surface area contributed by atoms with Crippen molar-refractivity contribution in [3.05, 3.63) is 0 Å². The molecular formula is C10H17AsO2. The second-order valence-electron chi connectivity index (χ2n) is 4.77. The average Bonchev–Trinajstić information content (AvgIpc) is 2.81. The zero-order valence-electron chi connectivity index (χ0n) is 7.83. The van der Waals surface area contributed by atoms with E-state index < -0.39 is 5.97 Å². The molecule has 1 unspecified atom stereocenters. The van der Waals surface area contributed by atoms with E-state index in [4.69, 9.17) is 5.11 Å². The summed E-state index contributed by atoms with van der Waals surface area (Å²) >= 11 is 1.70. The minimum atomic E-state index is -0.600. The third-order valence-corrected chi connectivity index (χ3v) is 5.59.